The Hall–Kier alpha value is 0.220. The fourth-order valence-corrected chi connectivity index (χ4v) is 3.89. The van der Waals surface area contributed by atoms with E-state index in [1.807, 2.05) is 18.2 Å². The molecule has 0 aliphatic heterocycles. The Morgan fingerprint density at radius 1 is 0.789 bits per heavy atom. The van der Waals surface area contributed by atoms with Crippen molar-refractivity contribution in [1.29, 1.82) is 0 Å². The van der Waals surface area contributed by atoms with Gasteiger partial charge in [-0.25, -0.2) is 8.78 Å². The van der Waals surface area contributed by atoms with Gasteiger partial charge in [0.2, 0.25) is 0 Å². The molecule has 1 unspecified atom stereocenters. The number of hydrogen-bond acceptors (Lipinski definition) is 0. The van der Waals surface area contributed by atoms with E-state index >= 15 is 0 Å². The van der Waals surface area contributed by atoms with Crippen LogP contribution in [0.3, 0.4) is 0 Å². The lowest BCUT2D eigenvalue weighted by Gasteiger charge is -2.13. The molecule has 0 aromatic heterocycles. The number of rotatable bonds is 2. The third-order valence-corrected chi connectivity index (χ3v) is 5.04. The van der Waals surface area contributed by atoms with Gasteiger partial charge >= 0.3 is 0 Å². The third kappa shape index (κ3) is 3.65. The maximum Gasteiger partial charge on any atom is 0.137 e. The van der Waals surface area contributed by atoms with Gasteiger partial charge in [0.1, 0.15) is 11.6 Å². The molecule has 0 bridgehead atoms. The fourth-order valence-electron chi connectivity index (χ4n) is 1.63. The summed E-state index contributed by atoms with van der Waals surface area (Å²) in [4.78, 5) is -0.427. The number of alkyl halides is 1. The summed E-state index contributed by atoms with van der Waals surface area (Å²) in [7, 11) is 0. The summed E-state index contributed by atoms with van der Waals surface area (Å²) in [6.45, 7) is 0. The molecule has 0 fully saturated rings. The number of benzene rings is 2. The summed E-state index contributed by atoms with van der Waals surface area (Å²) < 4.78 is 29.3. The summed E-state index contributed by atoms with van der Waals surface area (Å²) in [6.07, 6.45) is 0. The van der Waals surface area contributed by atoms with Crippen molar-refractivity contribution >= 4 is 63.7 Å². The molecule has 0 saturated carbocycles. The summed E-state index contributed by atoms with van der Waals surface area (Å²) in [5.74, 6) is -0.957. The first-order valence-electron chi connectivity index (χ1n) is 5.13. The molecule has 6 heteroatoms. The Bertz CT molecular complexity index is 608. The van der Waals surface area contributed by atoms with Crippen molar-refractivity contribution in [2.45, 2.75) is 4.83 Å². The Morgan fingerprint density at radius 2 is 1.37 bits per heavy atom. The van der Waals surface area contributed by atoms with Crippen LogP contribution in [0.25, 0.3) is 0 Å². The molecule has 0 nitrogen and oxygen atoms in total. The van der Waals surface area contributed by atoms with Crippen LogP contribution >= 0.6 is 63.7 Å². The van der Waals surface area contributed by atoms with Crippen LogP contribution in [0, 0.1) is 11.6 Å². The zero-order chi connectivity index (χ0) is 14.2. The fraction of sp³-hybridized carbons (Fsp3) is 0.0769. The lowest BCUT2D eigenvalue weighted by molar-refractivity contribution is 0.583. The first-order chi connectivity index (χ1) is 8.88. The van der Waals surface area contributed by atoms with Crippen molar-refractivity contribution in [1.82, 2.24) is 0 Å². The van der Waals surface area contributed by atoms with Crippen LogP contribution in [0.1, 0.15) is 16.0 Å². The van der Waals surface area contributed by atoms with E-state index < -0.39 is 16.5 Å². The SMILES string of the molecule is Fc1cc(C(Br)c2cc(Br)cc(Br)c2)c(F)cc1Br. The molecule has 0 saturated heterocycles. The maximum absolute atomic E-state index is 13.9. The minimum atomic E-state index is -0.491. The van der Waals surface area contributed by atoms with Crippen LogP contribution in [-0.4, -0.2) is 0 Å². The minimum absolute atomic E-state index is 0.115. The van der Waals surface area contributed by atoms with Gasteiger partial charge in [-0.1, -0.05) is 47.8 Å². The quantitative estimate of drug-likeness (QED) is 0.305. The highest BCUT2D eigenvalue weighted by Crippen LogP contribution is 2.36. The van der Waals surface area contributed by atoms with E-state index in [-0.39, 0.29) is 10.0 Å². The van der Waals surface area contributed by atoms with Gasteiger partial charge in [0.15, 0.2) is 0 Å². The Balaban J connectivity index is 2.49. The first kappa shape index (κ1) is 15.6. The molecule has 0 N–H and O–H groups in total. The van der Waals surface area contributed by atoms with Crippen LogP contribution in [0.2, 0.25) is 0 Å². The molecular formula is C13H6Br4F2. The molecule has 2 rings (SSSR count). The van der Waals surface area contributed by atoms with Gasteiger partial charge in [0, 0.05) is 14.5 Å². The van der Waals surface area contributed by atoms with Gasteiger partial charge in [-0.2, -0.15) is 0 Å². The zero-order valence-electron chi connectivity index (χ0n) is 9.23. The molecule has 19 heavy (non-hydrogen) atoms. The van der Waals surface area contributed by atoms with Crippen molar-refractivity contribution < 1.29 is 8.78 Å². The minimum Gasteiger partial charge on any atom is -0.207 e. The summed E-state index contributed by atoms with van der Waals surface area (Å²) in [5.41, 5.74) is 1.08. The van der Waals surface area contributed by atoms with E-state index in [0.717, 1.165) is 20.6 Å². The van der Waals surface area contributed by atoms with Crippen LogP contribution in [0.15, 0.2) is 43.7 Å². The zero-order valence-corrected chi connectivity index (χ0v) is 15.6. The molecule has 2 aromatic rings. The summed E-state index contributed by atoms with van der Waals surface area (Å²) in [5, 5.41) is 0. The standard InChI is InChI=1S/C13H6Br4F2/c14-7-1-6(2-8(15)3-7)13(17)9-4-12(19)10(16)5-11(9)18/h1-5,13H. The lowest BCUT2D eigenvalue weighted by Crippen LogP contribution is -1.98. The van der Waals surface area contributed by atoms with Crippen LogP contribution in [0.4, 0.5) is 8.78 Å². The van der Waals surface area contributed by atoms with E-state index in [9.17, 15) is 8.78 Å². The van der Waals surface area contributed by atoms with Gasteiger partial charge < -0.3 is 0 Å². The molecule has 100 valence electrons. The summed E-state index contributed by atoms with van der Waals surface area (Å²) in [6, 6.07) is 7.90. The molecule has 0 heterocycles. The number of halogens is 6. The monoisotopic (exact) mass is 516 g/mol. The van der Waals surface area contributed by atoms with Crippen molar-refractivity contribution in [2.75, 3.05) is 0 Å². The van der Waals surface area contributed by atoms with E-state index in [1.165, 1.54) is 6.07 Å². The van der Waals surface area contributed by atoms with E-state index in [1.54, 1.807) is 0 Å². The topological polar surface area (TPSA) is 0 Å². The van der Waals surface area contributed by atoms with E-state index in [0.29, 0.717) is 0 Å². The molecule has 0 aliphatic rings. The average Bonchev–Trinajstić information content (AvgIpc) is 2.31. The van der Waals surface area contributed by atoms with Crippen molar-refractivity contribution in [3.05, 3.63) is 66.5 Å². The molecule has 0 aliphatic carbocycles. The molecule has 0 spiro atoms. The first-order valence-corrected chi connectivity index (χ1v) is 8.42. The van der Waals surface area contributed by atoms with E-state index in [2.05, 4.69) is 63.7 Å². The lowest BCUT2D eigenvalue weighted by atomic mass is 10.0. The van der Waals surface area contributed by atoms with Crippen molar-refractivity contribution in [2.24, 2.45) is 0 Å². The maximum atomic E-state index is 13.9. The van der Waals surface area contributed by atoms with Gasteiger partial charge in [-0.3, -0.25) is 0 Å². The Morgan fingerprint density at radius 3 is 1.95 bits per heavy atom. The average molecular weight is 520 g/mol. The Labute approximate surface area is 143 Å². The third-order valence-electron chi connectivity index (χ3n) is 2.49. The smallest absolute Gasteiger partial charge is 0.137 e. The van der Waals surface area contributed by atoms with Gasteiger partial charge in [-0.05, 0) is 51.8 Å². The second kappa shape index (κ2) is 6.33. The molecule has 2 aromatic carbocycles. The van der Waals surface area contributed by atoms with Crippen LogP contribution < -0.4 is 0 Å². The van der Waals surface area contributed by atoms with Crippen LogP contribution in [0.5, 0.6) is 0 Å². The van der Waals surface area contributed by atoms with Crippen LogP contribution in [-0.2, 0) is 0 Å². The molecule has 0 amide bonds. The normalized spacial score (nSPS) is 12.5. The molecule has 0 radical (unpaired) electrons. The van der Waals surface area contributed by atoms with E-state index in [4.69, 9.17) is 0 Å². The van der Waals surface area contributed by atoms with Crippen molar-refractivity contribution in [3.8, 4) is 0 Å². The Kier molecular flexibility index (Phi) is 5.20. The second-order valence-electron chi connectivity index (χ2n) is 3.85. The highest BCUT2D eigenvalue weighted by atomic mass is 79.9. The predicted molar refractivity (Wildman–Crippen MR) is 86.7 cm³/mol. The van der Waals surface area contributed by atoms with Crippen molar-refractivity contribution in [3.63, 3.8) is 0 Å². The largest absolute Gasteiger partial charge is 0.207 e. The van der Waals surface area contributed by atoms with Gasteiger partial charge in [-0.15, -0.1) is 0 Å². The molecular weight excluding hydrogens is 514 g/mol. The molecule has 1 atom stereocenters. The second-order valence-corrected chi connectivity index (χ2v) is 7.45. The predicted octanol–water partition coefficient (Wildman–Crippen LogP) is 6.74. The highest BCUT2D eigenvalue weighted by Gasteiger charge is 2.18. The number of hydrogen-bond donors (Lipinski definition) is 0. The highest BCUT2D eigenvalue weighted by molar-refractivity contribution is 9.11. The summed E-state index contributed by atoms with van der Waals surface area (Å²) >= 11 is 13.1. The van der Waals surface area contributed by atoms with Gasteiger partial charge in [0.25, 0.3) is 0 Å². The van der Waals surface area contributed by atoms with Gasteiger partial charge in [0.05, 0.1) is 9.30 Å².